The maximum absolute atomic E-state index is 12.7. The minimum atomic E-state index is -3.52. The van der Waals surface area contributed by atoms with Crippen molar-refractivity contribution in [3.63, 3.8) is 0 Å². The summed E-state index contributed by atoms with van der Waals surface area (Å²) in [6.45, 7) is 1.35. The fraction of sp³-hybridized carbons (Fsp3) is 0.286. The zero-order valence-corrected chi connectivity index (χ0v) is 18.1. The van der Waals surface area contributed by atoms with E-state index in [2.05, 4.69) is 10.3 Å². The monoisotopic (exact) mass is 441 g/mol. The Hall–Kier alpha value is -3.24. The Bertz CT molecular complexity index is 1150. The van der Waals surface area contributed by atoms with Gasteiger partial charge in [-0.1, -0.05) is 23.4 Å². The Kier molecular flexibility index (Phi) is 5.75. The zero-order chi connectivity index (χ0) is 22.0. The number of amides is 1. The maximum Gasteiger partial charge on any atom is 0.254 e. The van der Waals surface area contributed by atoms with Crippen molar-refractivity contribution in [2.24, 2.45) is 0 Å². The number of rotatable bonds is 7. The van der Waals surface area contributed by atoms with Gasteiger partial charge in [-0.05, 0) is 36.4 Å². The van der Waals surface area contributed by atoms with Gasteiger partial charge in [0.05, 0.1) is 17.1 Å². The molecule has 4 rings (SSSR count). The average Bonchev–Trinajstić information content (AvgIpc) is 3.20. The van der Waals surface area contributed by atoms with E-state index in [1.165, 1.54) is 26.2 Å². The quantitative estimate of drug-likeness (QED) is 0.555. The predicted molar refractivity (Wildman–Crippen MR) is 113 cm³/mol. The molecule has 1 aliphatic rings. The third kappa shape index (κ3) is 4.44. The van der Waals surface area contributed by atoms with Crippen LogP contribution in [0.4, 0.5) is 0 Å². The molecule has 2 heterocycles. The number of hydrogen-bond acceptors (Lipinski definition) is 6. The van der Waals surface area contributed by atoms with Crippen LogP contribution in [0.15, 0.2) is 65.7 Å². The topological polar surface area (TPSA) is 97.6 Å². The van der Waals surface area contributed by atoms with E-state index in [4.69, 9.17) is 4.74 Å². The molecule has 1 fully saturated rings. The highest BCUT2D eigenvalue weighted by Gasteiger charge is 2.33. The Morgan fingerprint density at radius 3 is 2.42 bits per heavy atom. The summed E-state index contributed by atoms with van der Waals surface area (Å²) in [6, 6.07) is 15.5. The second-order valence-electron chi connectivity index (χ2n) is 7.47. The SMILES string of the molecule is CN(C)S(=O)(=O)c1ccc(C(=O)N2CC(n3cc(COc4ccccc4)nn3)C2)cc1. The molecule has 10 heteroatoms. The Morgan fingerprint density at radius 1 is 1.10 bits per heavy atom. The van der Waals surface area contributed by atoms with E-state index in [-0.39, 0.29) is 16.8 Å². The summed E-state index contributed by atoms with van der Waals surface area (Å²) in [5.74, 6) is 0.625. The summed E-state index contributed by atoms with van der Waals surface area (Å²) in [6.07, 6.45) is 1.83. The van der Waals surface area contributed by atoms with Crippen LogP contribution in [0, 0.1) is 0 Å². The smallest absolute Gasteiger partial charge is 0.254 e. The van der Waals surface area contributed by atoms with Gasteiger partial charge in [-0.25, -0.2) is 17.4 Å². The number of nitrogens with zero attached hydrogens (tertiary/aromatic N) is 5. The highest BCUT2D eigenvalue weighted by Crippen LogP contribution is 2.24. The van der Waals surface area contributed by atoms with Gasteiger partial charge in [0.15, 0.2) is 0 Å². The predicted octanol–water partition coefficient (Wildman–Crippen LogP) is 1.80. The van der Waals surface area contributed by atoms with Gasteiger partial charge in [-0.3, -0.25) is 4.79 Å². The summed E-state index contributed by atoms with van der Waals surface area (Å²) in [5.41, 5.74) is 1.16. The molecule has 31 heavy (non-hydrogen) atoms. The van der Waals surface area contributed by atoms with Crippen molar-refractivity contribution in [2.75, 3.05) is 27.2 Å². The van der Waals surface area contributed by atoms with Gasteiger partial charge in [0.2, 0.25) is 10.0 Å². The first-order chi connectivity index (χ1) is 14.8. The first-order valence-electron chi connectivity index (χ1n) is 9.75. The second-order valence-corrected chi connectivity index (χ2v) is 9.62. The van der Waals surface area contributed by atoms with Crippen LogP contribution in [0.5, 0.6) is 5.75 Å². The zero-order valence-electron chi connectivity index (χ0n) is 17.2. The van der Waals surface area contributed by atoms with E-state index < -0.39 is 10.0 Å². The molecule has 1 saturated heterocycles. The summed E-state index contributed by atoms with van der Waals surface area (Å²) in [5, 5.41) is 8.28. The largest absolute Gasteiger partial charge is 0.487 e. The number of benzene rings is 2. The summed E-state index contributed by atoms with van der Waals surface area (Å²) >= 11 is 0. The number of aromatic nitrogens is 3. The molecule has 2 aromatic carbocycles. The highest BCUT2D eigenvalue weighted by molar-refractivity contribution is 7.89. The van der Waals surface area contributed by atoms with Crippen molar-refractivity contribution < 1.29 is 17.9 Å². The van der Waals surface area contributed by atoms with Gasteiger partial charge in [0.1, 0.15) is 18.1 Å². The molecule has 9 nitrogen and oxygen atoms in total. The van der Waals surface area contributed by atoms with E-state index >= 15 is 0 Å². The molecule has 0 unspecified atom stereocenters. The van der Waals surface area contributed by atoms with Crippen LogP contribution in [0.25, 0.3) is 0 Å². The standard InChI is InChI=1S/C21H23N5O4S/c1-24(2)31(28,29)20-10-8-16(9-11-20)21(27)25-13-18(14-25)26-12-17(22-23-26)15-30-19-6-4-3-5-7-19/h3-12,18H,13-15H2,1-2H3. The van der Waals surface area contributed by atoms with Gasteiger partial charge in [0, 0.05) is 32.7 Å². The molecule has 1 aliphatic heterocycles. The minimum Gasteiger partial charge on any atom is -0.487 e. The van der Waals surface area contributed by atoms with Crippen LogP contribution >= 0.6 is 0 Å². The van der Waals surface area contributed by atoms with Crippen LogP contribution in [-0.2, 0) is 16.6 Å². The molecule has 0 aliphatic carbocycles. The molecule has 0 N–H and O–H groups in total. The molecule has 162 valence electrons. The molecule has 1 aromatic heterocycles. The molecule has 0 atom stereocenters. The van der Waals surface area contributed by atoms with Crippen LogP contribution < -0.4 is 4.74 Å². The van der Waals surface area contributed by atoms with Gasteiger partial charge in [-0.2, -0.15) is 0 Å². The number of para-hydroxylation sites is 1. The first-order valence-corrected chi connectivity index (χ1v) is 11.2. The second kappa shape index (κ2) is 8.48. The average molecular weight is 442 g/mol. The molecule has 0 bridgehead atoms. The van der Waals surface area contributed by atoms with Crippen molar-refractivity contribution >= 4 is 15.9 Å². The van der Waals surface area contributed by atoms with Crippen molar-refractivity contribution in [1.82, 2.24) is 24.2 Å². The Balaban J connectivity index is 1.32. The third-order valence-electron chi connectivity index (χ3n) is 5.09. The highest BCUT2D eigenvalue weighted by atomic mass is 32.2. The van der Waals surface area contributed by atoms with E-state index in [1.54, 1.807) is 21.7 Å². The van der Waals surface area contributed by atoms with Crippen molar-refractivity contribution in [2.45, 2.75) is 17.5 Å². The number of carbonyl (C=O) groups excluding carboxylic acids is 1. The van der Waals surface area contributed by atoms with Crippen molar-refractivity contribution in [3.05, 3.63) is 72.1 Å². The van der Waals surface area contributed by atoms with Crippen LogP contribution in [0.3, 0.4) is 0 Å². The van der Waals surface area contributed by atoms with Gasteiger partial charge in [-0.15, -0.1) is 5.10 Å². The van der Waals surface area contributed by atoms with Gasteiger partial charge >= 0.3 is 0 Å². The normalized spacial score (nSPS) is 14.5. The summed E-state index contributed by atoms with van der Waals surface area (Å²) in [4.78, 5) is 14.5. The third-order valence-corrected chi connectivity index (χ3v) is 6.92. The molecule has 0 radical (unpaired) electrons. The first kappa shape index (κ1) is 21.0. The van der Waals surface area contributed by atoms with Crippen LogP contribution in [0.1, 0.15) is 22.1 Å². The lowest BCUT2D eigenvalue weighted by molar-refractivity contribution is 0.0498. The number of sulfonamides is 1. The lowest BCUT2D eigenvalue weighted by Crippen LogP contribution is -2.50. The molecular weight excluding hydrogens is 418 g/mol. The van der Waals surface area contributed by atoms with Gasteiger partial charge in [0.25, 0.3) is 5.91 Å². The van der Waals surface area contributed by atoms with Crippen molar-refractivity contribution in [1.29, 1.82) is 0 Å². The van der Waals surface area contributed by atoms with E-state index in [9.17, 15) is 13.2 Å². The van der Waals surface area contributed by atoms with E-state index in [0.717, 1.165) is 10.1 Å². The van der Waals surface area contributed by atoms with Crippen molar-refractivity contribution in [3.8, 4) is 5.75 Å². The fourth-order valence-electron chi connectivity index (χ4n) is 3.18. The number of carbonyl (C=O) groups is 1. The lowest BCUT2D eigenvalue weighted by Gasteiger charge is -2.38. The number of ether oxygens (including phenoxy) is 1. The summed E-state index contributed by atoms with van der Waals surface area (Å²) < 4.78 is 32.9. The molecular formula is C21H23N5O4S. The molecule has 1 amide bonds. The van der Waals surface area contributed by atoms with Crippen LogP contribution in [-0.4, -0.2) is 65.7 Å². The van der Waals surface area contributed by atoms with Gasteiger partial charge < -0.3 is 9.64 Å². The fourth-order valence-corrected chi connectivity index (χ4v) is 4.08. The minimum absolute atomic E-state index is 0.0512. The number of likely N-dealkylation sites (tertiary alicyclic amines) is 1. The maximum atomic E-state index is 12.7. The van der Waals surface area contributed by atoms with E-state index in [1.807, 2.05) is 36.5 Å². The summed E-state index contributed by atoms with van der Waals surface area (Å²) in [7, 11) is -0.576. The Labute approximate surface area is 180 Å². The molecule has 0 spiro atoms. The Morgan fingerprint density at radius 2 is 1.77 bits per heavy atom. The molecule has 3 aromatic rings. The van der Waals surface area contributed by atoms with E-state index in [0.29, 0.717) is 31.0 Å². The lowest BCUT2D eigenvalue weighted by atomic mass is 10.1. The van der Waals surface area contributed by atoms with Crippen LogP contribution in [0.2, 0.25) is 0 Å². The number of hydrogen-bond donors (Lipinski definition) is 0. The molecule has 0 saturated carbocycles.